The van der Waals surface area contributed by atoms with Crippen molar-refractivity contribution in [3.05, 3.63) is 65.7 Å². The number of nitrogens with one attached hydrogen (secondary N) is 1. The summed E-state index contributed by atoms with van der Waals surface area (Å²) >= 11 is 0. The van der Waals surface area contributed by atoms with E-state index >= 15 is 0 Å². The molecule has 1 aliphatic heterocycles. The summed E-state index contributed by atoms with van der Waals surface area (Å²) in [7, 11) is 1.62. The van der Waals surface area contributed by atoms with Crippen LogP contribution in [-0.4, -0.2) is 92.8 Å². The number of methoxy groups -OCH3 is 1. The first-order valence-electron chi connectivity index (χ1n) is 11.8. The molecule has 0 spiro atoms. The Kier molecular flexibility index (Phi) is 10.8. The van der Waals surface area contributed by atoms with Gasteiger partial charge in [0.2, 0.25) is 0 Å². The minimum absolute atomic E-state index is 0.129. The Morgan fingerprint density at radius 3 is 2.38 bits per heavy atom. The normalized spacial score (nSPS) is 16.7. The second-order valence-electron chi connectivity index (χ2n) is 8.50. The van der Waals surface area contributed by atoms with E-state index in [4.69, 9.17) is 14.2 Å². The van der Waals surface area contributed by atoms with Crippen LogP contribution in [0.4, 0.5) is 0 Å². The molecule has 1 fully saturated rings. The molecule has 3 rings (SSSR count). The lowest BCUT2D eigenvalue weighted by molar-refractivity contribution is -0.00847. The molecule has 0 saturated carbocycles. The summed E-state index contributed by atoms with van der Waals surface area (Å²) in [4.78, 5) is 17.4. The van der Waals surface area contributed by atoms with Gasteiger partial charge in [0.25, 0.3) is 5.91 Å². The Labute approximate surface area is 202 Å². The number of hydrogen-bond donors (Lipinski definition) is 2. The summed E-state index contributed by atoms with van der Waals surface area (Å²) in [5, 5.41) is 13.4. The van der Waals surface area contributed by atoms with Gasteiger partial charge in [-0.25, -0.2) is 0 Å². The predicted molar refractivity (Wildman–Crippen MR) is 131 cm³/mol. The van der Waals surface area contributed by atoms with E-state index in [1.54, 1.807) is 38.3 Å². The molecule has 1 amide bonds. The van der Waals surface area contributed by atoms with Crippen molar-refractivity contribution in [1.29, 1.82) is 0 Å². The van der Waals surface area contributed by atoms with E-state index < -0.39 is 6.10 Å². The lowest BCUT2D eigenvalue weighted by atomic mass is 10.1. The lowest BCUT2D eigenvalue weighted by Crippen LogP contribution is -2.56. The van der Waals surface area contributed by atoms with Crippen LogP contribution in [0, 0.1) is 0 Å². The van der Waals surface area contributed by atoms with Gasteiger partial charge in [-0.3, -0.25) is 14.6 Å². The Balaban J connectivity index is 1.43. The SMILES string of the molecule is COCCOCOc1ccc(C(=O)NCC([C@H](C)O)N2CCN(Cc3ccccc3)CC2)cc1. The van der Waals surface area contributed by atoms with Crippen molar-refractivity contribution >= 4 is 5.91 Å². The molecule has 0 bridgehead atoms. The second-order valence-corrected chi connectivity index (χ2v) is 8.50. The van der Waals surface area contributed by atoms with Crippen molar-refractivity contribution in [2.75, 3.05) is 59.8 Å². The number of rotatable bonds is 13. The first-order chi connectivity index (χ1) is 16.6. The first kappa shape index (κ1) is 26.1. The summed E-state index contributed by atoms with van der Waals surface area (Å²) in [6, 6.07) is 17.3. The van der Waals surface area contributed by atoms with Crippen molar-refractivity contribution in [1.82, 2.24) is 15.1 Å². The van der Waals surface area contributed by atoms with Crippen LogP contribution in [0.2, 0.25) is 0 Å². The summed E-state index contributed by atoms with van der Waals surface area (Å²) in [5.41, 5.74) is 1.86. The Morgan fingerprint density at radius 1 is 1.03 bits per heavy atom. The maximum atomic E-state index is 12.7. The zero-order valence-electron chi connectivity index (χ0n) is 20.2. The number of nitrogens with zero attached hydrogens (tertiary/aromatic N) is 2. The minimum Gasteiger partial charge on any atom is -0.468 e. The van der Waals surface area contributed by atoms with Crippen molar-refractivity contribution in [3.63, 3.8) is 0 Å². The van der Waals surface area contributed by atoms with E-state index in [9.17, 15) is 9.90 Å². The largest absolute Gasteiger partial charge is 0.468 e. The Bertz CT molecular complexity index is 839. The fourth-order valence-electron chi connectivity index (χ4n) is 4.01. The van der Waals surface area contributed by atoms with Crippen LogP contribution in [0.5, 0.6) is 5.75 Å². The van der Waals surface area contributed by atoms with E-state index in [1.807, 2.05) is 6.07 Å². The van der Waals surface area contributed by atoms with Crippen molar-refractivity contribution < 1.29 is 24.1 Å². The average molecular weight is 472 g/mol. The van der Waals surface area contributed by atoms with E-state index in [2.05, 4.69) is 39.4 Å². The number of benzene rings is 2. The van der Waals surface area contributed by atoms with Crippen LogP contribution >= 0.6 is 0 Å². The van der Waals surface area contributed by atoms with Gasteiger partial charge in [-0.2, -0.15) is 0 Å². The fraction of sp³-hybridized carbons (Fsp3) is 0.500. The predicted octanol–water partition coefficient (Wildman–Crippen LogP) is 1.98. The zero-order valence-corrected chi connectivity index (χ0v) is 20.2. The lowest BCUT2D eigenvalue weighted by Gasteiger charge is -2.40. The summed E-state index contributed by atoms with van der Waals surface area (Å²) in [6.45, 7) is 7.80. The van der Waals surface area contributed by atoms with E-state index in [1.165, 1.54) is 5.56 Å². The van der Waals surface area contributed by atoms with Gasteiger partial charge in [0.1, 0.15) is 5.75 Å². The summed E-state index contributed by atoms with van der Waals surface area (Å²) < 4.78 is 15.7. The minimum atomic E-state index is -0.546. The zero-order chi connectivity index (χ0) is 24.2. The molecule has 0 aliphatic carbocycles. The monoisotopic (exact) mass is 471 g/mol. The number of aliphatic hydroxyl groups is 1. The molecule has 2 atom stereocenters. The summed E-state index contributed by atoms with van der Waals surface area (Å²) in [5.74, 6) is 0.459. The van der Waals surface area contributed by atoms with Gasteiger partial charge in [0.15, 0.2) is 6.79 Å². The van der Waals surface area contributed by atoms with Gasteiger partial charge in [-0.05, 0) is 36.8 Å². The highest BCUT2D eigenvalue weighted by atomic mass is 16.7. The number of piperazine rings is 1. The number of ether oxygens (including phenoxy) is 3. The third-order valence-corrected chi connectivity index (χ3v) is 6.01. The molecule has 2 aromatic rings. The molecule has 0 radical (unpaired) electrons. The number of carbonyl (C=O) groups is 1. The molecule has 186 valence electrons. The third-order valence-electron chi connectivity index (χ3n) is 6.01. The van der Waals surface area contributed by atoms with Gasteiger partial charge in [-0.15, -0.1) is 0 Å². The first-order valence-corrected chi connectivity index (χ1v) is 11.8. The molecular formula is C26H37N3O5. The average Bonchev–Trinajstić information content (AvgIpc) is 2.86. The summed E-state index contributed by atoms with van der Waals surface area (Å²) in [6.07, 6.45) is -0.546. The van der Waals surface area contributed by atoms with Gasteiger partial charge < -0.3 is 24.6 Å². The second kappa shape index (κ2) is 14.0. The van der Waals surface area contributed by atoms with Crippen LogP contribution in [0.3, 0.4) is 0 Å². The molecule has 1 saturated heterocycles. The van der Waals surface area contributed by atoms with Crippen LogP contribution in [0.25, 0.3) is 0 Å². The quantitative estimate of drug-likeness (QED) is 0.341. The Hall–Kier alpha value is -2.49. The number of carbonyl (C=O) groups excluding carboxylic acids is 1. The van der Waals surface area contributed by atoms with Crippen molar-refractivity contribution in [3.8, 4) is 5.75 Å². The molecule has 8 nitrogen and oxygen atoms in total. The van der Waals surface area contributed by atoms with E-state index in [0.29, 0.717) is 31.1 Å². The third kappa shape index (κ3) is 8.38. The fourth-order valence-corrected chi connectivity index (χ4v) is 4.01. The molecule has 8 heteroatoms. The maximum Gasteiger partial charge on any atom is 0.251 e. The molecule has 2 aromatic carbocycles. The van der Waals surface area contributed by atoms with Crippen molar-refractivity contribution in [2.45, 2.75) is 25.6 Å². The molecule has 34 heavy (non-hydrogen) atoms. The van der Waals surface area contributed by atoms with Crippen LogP contribution in [-0.2, 0) is 16.0 Å². The van der Waals surface area contributed by atoms with Crippen molar-refractivity contribution in [2.24, 2.45) is 0 Å². The highest BCUT2D eigenvalue weighted by molar-refractivity contribution is 5.94. The van der Waals surface area contributed by atoms with Gasteiger partial charge >= 0.3 is 0 Å². The van der Waals surface area contributed by atoms with E-state index in [0.717, 1.165) is 32.7 Å². The number of aliphatic hydroxyl groups excluding tert-OH is 1. The number of hydrogen-bond acceptors (Lipinski definition) is 7. The molecule has 1 unspecified atom stereocenters. The number of amides is 1. The topological polar surface area (TPSA) is 83.5 Å². The van der Waals surface area contributed by atoms with E-state index in [-0.39, 0.29) is 18.7 Å². The molecule has 0 aromatic heterocycles. The molecular weight excluding hydrogens is 434 g/mol. The van der Waals surface area contributed by atoms with Gasteiger partial charge in [-0.1, -0.05) is 30.3 Å². The van der Waals surface area contributed by atoms with Crippen LogP contribution in [0.1, 0.15) is 22.8 Å². The highest BCUT2D eigenvalue weighted by Crippen LogP contribution is 2.14. The van der Waals surface area contributed by atoms with Crippen LogP contribution < -0.4 is 10.1 Å². The highest BCUT2D eigenvalue weighted by Gasteiger charge is 2.27. The van der Waals surface area contributed by atoms with Gasteiger partial charge in [0.05, 0.1) is 25.4 Å². The van der Waals surface area contributed by atoms with Crippen LogP contribution in [0.15, 0.2) is 54.6 Å². The smallest absolute Gasteiger partial charge is 0.251 e. The van der Waals surface area contributed by atoms with Gasteiger partial charge in [0, 0.05) is 51.9 Å². The molecule has 1 heterocycles. The maximum absolute atomic E-state index is 12.7. The standard InChI is InChI=1S/C26H37N3O5/c1-21(30)25(29-14-12-28(13-15-29)19-22-6-4-3-5-7-22)18-27-26(31)23-8-10-24(11-9-23)34-20-33-17-16-32-2/h3-11,21,25,30H,12-20H2,1-2H3,(H,27,31)/t21-,25?/m0/s1. The molecule has 2 N–H and O–H groups in total. The molecule has 1 aliphatic rings. The Morgan fingerprint density at radius 2 is 1.74 bits per heavy atom.